The first-order valence-electron chi connectivity index (χ1n) is 5.78. The van der Waals surface area contributed by atoms with E-state index in [-0.39, 0.29) is 0 Å². The Labute approximate surface area is 126 Å². The Kier molecular flexibility index (Phi) is 4.47. The fourth-order valence-electron chi connectivity index (χ4n) is 1.73. The Morgan fingerprint density at radius 2 is 2.05 bits per heavy atom. The van der Waals surface area contributed by atoms with Crippen LogP contribution in [0.5, 0.6) is 0 Å². The van der Waals surface area contributed by atoms with E-state index in [0.29, 0.717) is 17.1 Å². The summed E-state index contributed by atoms with van der Waals surface area (Å²) < 4.78 is 0.889. The maximum Gasteiger partial charge on any atom is 0.0992 e. The molecule has 0 heterocycles. The highest BCUT2D eigenvalue weighted by molar-refractivity contribution is 9.10. The summed E-state index contributed by atoms with van der Waals surface area (Å²) in [5.41, 5.74) is 3.83. The van der Waals surface area contributed by atoms with Gasteiger partial charge in [0.15, 0.2) is 0 Å². The van der Waals surface area contributed by atoms with Crippen LogP contribution in [0.1, 0.15) is 16.7 Å². The zero-order valence-electron chi connectivity index (χ0n) is 10.4. The van der Waals surface area contributed by atoms with Crippen LogP contribution in [0, 0.1) is 18.3 Å². The van der Waals surface area contributed by atoms with Crippen LogP contribution in [0.25, 0.3) is 0 Å². The molecule has 0 radical (unpaired) electrons. The van der Waals surface area contributed by atoms with Gasteiger partial charge in [-0.3, -0.25) is 0 Å². The molecule has 96 valence electrons. The Bertz CT molecular complexity index is 647. The molecule has 0 aliphatic rings. The van der Waals surface area contributed by atoms with Gasteiger partial charge in [-0.1, -0.05) is 23.7 Å². The molecule has 0 saturated heterocycles. The van der Waals surface area contributed by atoms with Crippen LogP contribution < -0.4 is 5.32 Å². The van der Waals surface area contributed by atoms with Crippen molar-refractivity contribution in [2.24, 2.45) is 0 Å². The third-order valence-corrected chi connectivity index (χ3v) is 4.07. The van der Waals surface area contributed by atoms with E-state index in [1.807, 2.05) is 43.3 Å². The number of anilines is 1. The van der Waals surface area contributed by atoms with Crippen molar-refractivity contribution in [1.82, 2.24) is 0 Å². The minimum absolute atomic E-state index is 0.655. The highest BCUT2D eigenvalue weighted by Gasteiger charge is 2.02. The van der Waals surface area contributed by atoms with Gasteiger partial charge in [-0.15, -0.1) is 0 Å². The summed E-state index contributed by atoms with van der Waals surface area (Å²) in [6.45, 7) is 2.68. The number of nitrogens with zero attached hydrogens (tertiary/aromatic N) is 1. The number of benzene rings is 2. The van der Waals surface area contributed by atoms with E-state index < -0.39 is 0 Å². The number of aryl methyl sites for hydroxylation is 1. The first-order valence-corrected chi connectivity index (χ1v) is 6.96. The fourth-order valence-corrected chi connectivity index (χ4v) is 2.18. The van der Waals surface area contributed by atoms with Gasteiger partial charge in [-0.25, -0.2) is 0 Å². The van der Waals surface area contributed by atoms with E-state index in [4.69, 9.17) is 16.9 Å². The Hall–Kier alpha value is -1.50. The van der Waals surface area contributed by atoms with Crippen LogP contribution in [0.3, 0.4) is 0 Å². The zero-order chi connectivity index (χ0) is 13.8. The molecule has 0 atom stereocenters. The topological polar surface area (TPSA) is 35.8 Å². The maximum atomic E-state index is 8.90. The van der Waals surface area contributed by atoms with Gasteiger partial charge in [-0.05, 0) is 58.2 Å². The van der Waals surface area contributed by atoms with Gasteiger partial charge in [0.1, 0.15) is 0 Å². The summed E-state index contributed by atoms with van der Waals surface area (Å²) in [7, 11) is 0. The number of nitriles is 1. The lowest BCUT2D eigenvalue weighted by molar-refractivity contribution is 1.14. The van der Waals surface area contributed by atoms with Crippen LogP contribution in [0.4, 0.5) is 5.69 Å². The SMILES string of the molecule is Cc1ccc(C#N)cc1NCc1ccc(Br)c(Cl)c1. The smallest absolute Gasteiger partial charge is 0.0992 e. The summed E-state index contributed by atoms with van der Waals surface area (Å²) >= 11 is 9.42. The molecule has 0 aliphatic carbocycles. The van der Waals surface area contributed by atoms with Gasteiger partial charge in [0.25, 0.3) is 0 Å². The number of rotatable bonds is 3. The molecule has 2 aromatic carbocycles. The zero-order valence-corrected chi connectivity index (χ0v) is 12.7. The second-order valence-corrected chi connectivity index (χ2v) is 5.51. The number of halogens is 2. The van der Waals surface area contributed by atoms with Crippen molar-refractivity contribution in [2.75, 3.05) is 5.32 Å². The molecule has 2 rings (SSSR count). The average Bonchev–Trinajstić information content (AvgIpc) is 2.41. The summed E-state index contributed by atoms with van der Waals surface area (Å²) in [6.07, 6.45) is 0. The molecule has 0 unspecified atom stereocenters. The highest BCUT2D eigenvalue weighted by atomic mass is 79.9. The van der Waals surface area contributed by atoms with Crippen LogP contribution in [0.15, 0.2) is 40.9 Å². The molecule has 0 fully saturated rings. The van der Waals surface area contributed by atoms with E-state index in [0.717, 1.165) is 21.3 Å². The predicted octanol–water partition coefficient (Wildman–Crippen LogP) is 4.89. The molecule has 2 nitrogen and oxygen atoms in total. The van der Waals surface area contributed by atoms with Crippen molar-refractivity contribution in [3.8, 4) is 6.07 Å². The second kappa shape index (κ2) is 6.10. The molecule has 0 aromatic heterocycles. The molecular weight excluding hydrogens is 324 g/mol. The van der Waals surface area contributed by atoms with Crippen molar-refractivity contribution >= 4 is 33.2 Å². The second-order valence-electron chi connectivity index (χ2n) is 4.24. The predicted molar refractivity (Wildman–Crippen MR) is 82.4 cm³/mol. The van der Waals surface area contributed by atoms with Gasteiger partial charge in [0.2, 0.25) is 0 Å². The lowest BCUT2D eigenvalue weighted by atomic mass is 10.1. The van der Waals surface area contributed by atoms with E-state index in [2.05, 4.69) is 27.3 Å². The van der Waals surface area contributed by atoms with Crippen molar-refractivity contribution in [3.05, 3.63) is 62.6 Å². The van der Waals surface area contributed by atoms with Crippen LogP contribution in [0.2, 0.25) is 5.02 Å². The van der Waals surface area contributed by atoms with E-state index in [1.165, 1.54) is 0 Å². The van der Waals surface area contributed by atoms with E-state index >= 15 is 0 Å². The maximum absolute atomic E-state index is 8.90. The lowest BCUT2D eigenvalue weighted by Gasteiger charge is -2.10. The Balaban J connectivity index is 2.14. The molecule has 19 heavy (non-hydrogen) atoms. The van der Waals surface area contributed by atoms with Crippen molar-refractivity contribution < 1.29 is 0 Å². The summed E-state index contributed by atoms with van der Waals surface area (Å²) in [5.74, 6) is 0. The van der Waals surface area contributed by atoms with Gasteiger partial charge in [0.05, 0.1) is 16.7 Å². The van der Waals surface area contributed by atoms with Gasteiger partial charge < -0.3 is 5.32 Å². The van der Waals surface area contributed by atoms with Crippen molar-refractivity contribution in [3.63, 3.8) is 0 Å². The van der Waals surface area contributed by atoms with Crippen LogP contribution in [-0.2, 0) is 6.54 Å². The van der Waals surface area contributed by atoms with Gasteiger partial charge in [-0.2, -0.15) is 5.26 Å². The minimum atomic E-state index is 0.655. The molecule has 0 bridgehead atoms. The molecule has 0 saturated carbocycles. The molecule has 0 spiro atoms. The quantitative estimate of drug-likeness (QED) is 0.866. The number of hydrogen-bond acceptors (Lipinski definition) is 2. The molecule has 4 heteroatoms. The lowest BCUT2D eigenvalue weighted by Crippen LogP contribution is -2.01. The minimum Gasteiger partial charge on any atom is -0.381 e. The largest absolute Gasteiger partial charge is 0.381 e. The third-order valence-electron chi connectivity index (χ3n) is 2.83. The van der Waals surface area contributed by atoms with Crippen molar-refractivity contribution in [1.29, 1.82) is 5.26 Å². The fraction of sp³-hybridized carbons (Fsp3) is 0.133. The van der Waals surface area contributed by atoms with E-state index in [1.54, 1.807) is 0 Å². The van der Waals surface area contributed by atoms with Crippen molar-refractivity contribution in [2.45, 2.75) is 13.5 Å². The summed E-state index contributed by atoms with van der Waals surface area (Å²) in [6, 6.07) is 13.6. The van der Waals surface area contributed by atoms with Crippen LogP contribution >= 0.6 is 27.5 Å². The molecule has 2 aromatic rings. The molecular formula is C15H12BrClN2. The molecule has 0 amide bonds. The Morgan fingerprint density at radius 1 is 1.26 bits per heavy atom. The normalized spacial score (nSPS) is 10.0. The van der Waals surface area contributed by atoms with Gasteiger partial charge >= 0.3 is 0 Å². The number of nitrogens with one attached hydrogen (secondary N) is 1. The average molecular weight is 336 g/mol. The summed E-state index contributed by atoms with van der Waals surface area (Å²) in [4.78, 5) is 0. The van der Waals surface area contributed by atoms with E-state index in [9.17, 15) is 0 Å². The third kappa shape index (κ3) is 3.50. The highest BCUT2D eigenvalue weighted by Crippen LogP contribution is 2.24. The molecule has 1 N–H and O–H groups in total. The first-order chi connectivity index (χ1) is 9.10. The first kappa shape index (κ1) is 13.9. The number of hydrogen-bond donors (Lipinski definition) is 1. The molecule has 0 aliphatic heterocycles. The standard InChI is InChI=1S/C15H12BrClN2/c1-10-2-3-11(8-18)7-15(10)19-9-12-4-5-13(16)14(17)6-12/h2-7,19H,9H2,1H3. The van der Waals surface area contributed by atoms with Crippen LogP contribution in [-0.4, -0.2) is 0 Å². The Morgan fingerprint density at radius 3 is 2.74 bits per heavy atom. The summed E-state index contributed by atoms with van der Waals surface area (Å²) in [5, 5.41) is 12.9. The van der Waals surface area contributed by atoms with Gasteiger partial charge in [0, 0.05) is 16.7 Å². The monoisotopic (exact) mass is 334 g/mol.